The van der Waals surface area contributed by atoms with Crippen LogP contribution in [0.3, 0.4) is 0 Å². The maximum absolute atomic E-state index is 14.9. The molecule has 0 bridgehead atoms. The van der Waals surface area contributed by atoms with Gasteiger partial charge in [-0.15, -0.1) is 0 Å². The van der Waals surface area contributed by atoms with Crippen LogP contribution < -0.4 is 16.0 Å². The lowest BCUT2D eigenvalue weighted by molar-refractivity contribution is 0.221. The number of likely N-dealkylation sites (tertiary alicyclic amines) is 1. The number of hydrogen-bond donors (Lipinski definition) is 4. The highest BCUT2D eigenvalue weighted by molar-refractivity contribution is 7.90. The molecule has 204 valence electrons. The molecule has 4 N–H and O–H groups in total. The summed E-state index contributed by atoms with van der Waals surface area (Å²) in [6, 6.07) is 5.67. The summed E-state index contributed by atoms with van der Waals surface area (Å²) in [7, 11) is -1.68. The van der Waals surface area contributed by atoms with Gasteiger partial charge in [-0.05, 0) is 63.7 Å². The lowest BCUT2D eigenvalue weighted by Crippen LogP contribution is -2.44. The maximum atomic E-state index is 14.9. The molecule has 0 spiro atoms. The molecule has 4 heterocycles. The zero-order chi connectivity index (χ0) is 27.7. The van der Waals surface area contributed by atoms with Crippen molar-refractivity contribution in [2.24, 2.45) is 0 Å². The van der Waals surface area contributed by atoms with E-state index in [4.69, 9.17) is 0 Å². The van der Waals surface area contributed by atoms with Crippen molar-refractivity contribution in [1.82, 2.24) is 30.2 Å². The molecule has 1 aromatic carbocycles. The average molecular weight is 553 g/mol. The third-order valence-corrected chi connectivity index (χ3v) is 7.84. The number of urea groups is 1. The number of H-pyrrole nitrogens is 1. The van der Waals surface area contributed by atoms with Gasteiger partial charge in [-0.2, -0.15) is 0 Å². The molecule has 39 heavy (non-hydrogen) atoms. The van der Waals surface area contributed by atoms with Crippen molar-refractivity contribution in [3.05, 3.63) is 54.2 Å². The van der Waals surface area contributed by atoms with Crippen LogP contribution >= 0.6 is 0 Å². The predicted octanol–water partition coefficient (Wildman–Crippen LogP) is 3.83. The molecule has 1 aliphatic rings. The molecule has 13 heteroatoms. The van der Waals surface area contributed by atoms with Crippen molar-refractivity contribution in [3.8, 4) is 11.3 Å². The van der Waals surface area contributed by atoms with E-state index in [9.17, 15) is 17.6 Å². The second kappa shape index (κ2) is 10.6. The quantitative estimate of drug-likeness (QED) is 0.282. The highest BCUT2D eigenvalue weighted by Crippen LogP contribution is 2.33. The highest BCUT2D eigenvalue weighted by atomic mass is 32.2. The fraction of sp³-hybridized carbons (Fsp3) is 0.308. The second-order valence-corrected chi connectivity index (χ2v) is 11.7. The van der Waals surface area contributed by atoms with Crippen LogP contribution in [-0.2, 0) is 9.84 Å². The van der Waals surface area contributed by atoms with Gasteiger partial charge in [0.2, 0.25) is 5.95 Å². The van der Waals surface area contributed by atoms with E-state index in [1.807, 2.05) is 13.0 Å². The number of rotatable bonds is 6. The predicted molar refractivity (Wildman–Crippen MR) is 147 cm³/mol. The Bertz CT molecular complexity index is 1650. The third-order valence-electron chi connectivity index (χ3n) is 6.72. The molecule has 5 rings (SSSR count). The number of pyridine rings is 1. The molecular formula is C26H29FN8O3S. The average Bonchev–Trinajstić information content (AvgIpc) is 3.32. The number of fused-ring (bicyclic) bond motifs is 1. The van der Waals surface area contributed by atoms with Crippen LogP contribution in [0.1, 0.15) is 18.4 Å². The van der Waals surface area contributed by atoms with Gasteiger partial charge in [0.1, 0.15) is 4.90 Å². The fourth-order valence-electron chi connectivity index (χ4n) is 4.62. The van der Waals surface area contributed by atoms with Crippen molar-refractivity contribution in [2.75, 3.05) is 37.0 Å². The van der Waals surface area contributed by atoms with E-state index >= 15 is 0 Å². The fourth-order valence-corrected chi connectivity index (χ4v) is 5.38. The van der Waals surface area contributed by atoms with Crippen molar-refractivity contribution in [1.29, 1.82) is 0 Å². The number of carbonyl (C=O) groups is 1. The number of sulfone groups is 1. The van der Waals surface area contributed by atoms with E-state index in [1.54, 1.807) is 18.6 Å². The molecule has 0 aliphatic carbocycles. The first-order valence-corrected chi connectivity index (χ1v) is 14.3. The summed E-state index contributed by atoms with van der Waals surface area (Å²) in [4.78, 5) is 30.9. The lowest BCUT2D eigenvalue weighted by Gasteiger charge is -2.29. The Balaban J connectivity index is 1.40. The van der Waals surface area contributed by atoms with E-state index in [0.717, 1.165) is 48.7 Å². The molecule has 11 nitrogen and oxygen atoms in total. The van der Waals surface area contributed by atoms with E-state index < -0.39 is 20.5 Å². The van der Waals surface area contributed by atoms with Gasteiger partial charge in [-0.3, -0.25) is 5.32 Å². The van der Waals surface area contributed by atoms with E-state index in [0.29, 0.717) is 17.0 Å². The summed E-state index contributed by atoms with van der Waals surface area (Å²) in [5.74, 6) is -0.425. The number of halogens is 1. The molecule has 0 unspecified atom stereocenters. The highest BCUT2D eigenvalue weighted by Gasteiger charge is 2.21. The minimum absolute atomic E-state index is 0.0574. The molecule has 1 fully saturated rings. The van der Waals surface area contributed by atoms with Crippen LogP contribution in [0, 0.1) is 12.7 Å². The van der Waals surface area contributed by atoms with Gasteiger partial charge >= 0.3 is 6.03 Å². The molecule has 1 aliphatic heterocycles. The molecule has 2 amide bonds. The zero-order valence-corrected chi connectivity index (χ0v) is 22.6. The number of amides is 2. The number of aryl methyl sites for hydroxylation is 1. The summed E-state index contributed by atoms with van der Waals surface area (Å²) in [5, 5.41) is 9.43. The Labute approximate surface area is 225 Å². The monoisotopic (exact) mass is 552 g/mol. The zero-order valence-electron chi connectivity index (χ0n) is 21.7. The third kappa shape index (κ3) is 5.68. The van der Waals surface area contributed by atoms with Crippen LogP contribution in [0.2, 0.25) is 0 Å². The molecule has 3 aromatic heterocycles. The number of benzene rings is 1. The van der Waals surface area contributed by atoms with Crippen LogP contribution in [0.25, 0.3) is 22.2 Å². The number of nitrogens with zero attached hydrogens (tertiary/aromatic N) is 4. The SMILES string of the molecule is Cc1cnc(Nc2cccc(S(C)(=O)=O)c2F)nc1-c1c[nH]c2c(NC(=O)NC3CCN(C)CC3)nccc12. The first-order valence-electron chi connectivity index (χ1n) is 12.4. The second-order valence-electron chi connectivity index (χ2n) is 9.70. The summed E-state index contributed by atoms with van der Waals surface area (Å²) in [6.07, 6.45) is 7.68. The van der Waals surface area contributed by atoms with E-state index in [2.05, 4.69) is 47.8 Å². The molecular weight excluding hydrogens is 523 g/mol. The first kappa shape index (κ1) is 26.5. The number of aromatic amines is 1. The van der Waals surface area contributed by atoms with Crippen molar-refractivity contribution >= 4 is 44.2 Å². The van der Waals surface area contributed by atoms with Gasteiger partial charge in [0.25, 0.3) is 0 Å². The Morgan fingerprint density at radius 2 is 1.95 bits per heavy atom. The smallest absolute Gasteiger partial charge is 0.320 e. The summed E-state index contributed by atoms with van der Waals surface area (Å²) < 4.78 is 38.7. The standard InChI is InChI=1S/C26H29FN8O3S/c1-15-13-30-25(32-19-5-4-6-20(21(19)27)39(3,37)38)33-22(15)18-14-29-23-17(18)7-10-28-24(23)34-26(36)31-16-8-11-35(2)12-9-16/h4-7,10,13-14,16,29H,8-9,11-12H2,1-3H3,(H,30,32,33)(H2,28,31,34,36). The van der Waals surface area contributed by atoms with Gasteiger partial charge in [0.15, 0.2) is 21.5 Å². The molecule has 0 saturated carbocycles. The molecule has 0 atom stereocenters. The van der Waals surface area contributed by atoms with Crippen LogP contribution in [0.4, 0.5) is 26.6 Å². The Hall–Kier alpha value is -4.10. The van der Waals surface area contributed by atoms with Crippen molar-refractivity contribution in [2.45, 2.75) is 30.7 Å². The Morgan fingerprint density at radius 1 is 1.18 bits per heavy atom. The Morgan fingerprint density at radius 3 is 2.69 bits per heavy atom. The summed E-state index contributed by atoms with van der Waals surface area (Å²) in [6.45, 7) is 3.71. The number of hydrogen-bond acceptors (Lipinski definition) is 8. The normalized spacial score (nSPS) is 14.9. The first-order chi connectivity index (χ1) is 18.6. The van der Waals surface area contributed by atoms with E-state index in [1.165, 1.54) is 18.2 Å². The number of piperidine rings is 1. The van der Waals surface area contributed by atoms with Crippen LogP contribution in [0.15, 0.2) is 47.8 Å². The van der Waals surface area contributed by atoms with Gasteiger partial charge in [-0.25, -0.2) is 32.6 Å². The minimum Gasteiger partial charge on any atom is -0.357 e. The molecule has 1 saturated heterocycles. The summed E-state index contributed by atoms with van der Waals surface area (Å²) in [5.41, 5.74) is 2.65. The van der Waals surface area contributed by atoms with Crippen molar-refractivity contribution in [3.63, 3.8) is 0 Å². The lowest BCUT2D eigenvalue weighted by atomic mass is 10.1. The number of anilines is 3. The van der Waals surface area contributed by atoms with Gasteiger partial charge in [0.05, 0.1) is 16.9 Å². The largest absolute Gasteiger partial charge is 0.357 e. The number of nitrogens with one attached hydrogen (secondary N) is 4. The van der Waals surface area contributed by atoms with E-state index in [-0.39, 0.29) is 23.7 Å². The van der Waals surface area contributed by atoms with Gasteiger partial charge < -0.3 is 20.5 Å². The maximum Gasteiger partial charge on any atom is 0.320 e. The van der Waals surface area contributed by atoms with Crippen molar-refractivity contribution < 1.29 is 17.6 Å². The molecule has 4 aromatic rings. The van der Waals surface area contributed by atoms with Crippen LogP contribution in [0.5, 0.6) is 0 Å². The minimum atomic E-state index is -3.75. The number of carbonyl (C=O) groups excluding carboxylic acids is 1. The topological polar surface area (TPSA) is 145 Å². The Kier molecular flexibility index (Phi) is 7.19. The van der Waals surface area contributed by atoms with Crippen LogP contribution in [-0.4, -0.2) is 71.7 Å². The van der Waals surface area contributed by atoms with Gasteiger partial charge in [-0.1, -0.05) is 6.07 Å². The number of aromatic nitrogens is 4. The summed E-state index contributed by atoms with van der Waals surface area (Å²) >= 11 is 0. The molecule has 0 radical (unpaired) electrons. The van der Waals surface area contributed by atoms with Gasteiger partial charge in [0, 0.05) is 41.8 Å².